The molecule has 1 aromatic rings. The molecular formula is C15H26N2O. The molecule has 0 aromatic carbocycles. The maximum absolute atomic E-state index is 11.6. The fourth-order valence-electron chi connectivity index (χ4n) is 2.09. The van der Waals surface area contributed by atoms with Gasteiger partial charge in [-0.25, -0.2) is 4.98 Å². The molecule has 0 fully saturated rings. The second-order valence-electron chi connectivity index (χ2n) is 4.96. The summed E-state index contributed by atoms with van der Waals surface area (Å²) in [5, 5.41) is 0. The van der Waals surface area contributed by atoms with E-state index in [0.717, 1.165) is 38.6 Å². The molecule has 1 heterocycles. The van der Waals surface area contributed by atoms with Gasteiger partial charge in [0, 0.05) is 31.8 Å². The van der Waals surface area contributed by atoms with Gasteiger partial charge in [-0.2, -0.15) is 0 Å². The number of carbonyl (C=O) groups is 1. The van der Waals surface area contributed by atoms with Crippen molar-refractivity contribution < 1.29 is 4.79 Å². The minimum Gasteiger partial charge on any atom is -0.337 e. The highest BCUT2D eigenvalue weighted by atomic mass is 16.1. The van der Waals surface area contributed by atoms with Gasteiger partial charge >= 0.3 is 0 Å². The van der Waals surface area contributed by atoms with E-state index in [4.69, 9.17) is 0 Å². The van der Waals surface area contributed by atoms with Crippen molar-refractivity contribution in [1.29, 1.82) is 0 Å². The summed E-state index contributed by atoms with van der Waals surface area (Å²) in [6, 6.07) is 0. The zero-order valence-corrected chi connectivity index (χ0v) is 11.6. The number of rotatable bonds is 11. The molecule has 0 radical (unpaired) electrons. The monoisotopic (exact) mass is 250 g/mol. The molecule has 1 aromatic heterocycles. The molecule has 1 rings (SSSR count). The molecule has 0 aliphatic rings. The van der Waals surface area contributed by atoms with Gasteiger partial charge in [0.2, 0.25) is 0 Å². The van der Waals surface area contributed by atoms with Crippen LogP contribution in [0.25, 0.3) is 0 Å². The Bertz CT molecular complexity index is 306. The third-order valence-electron chi connectivity index (χ3n) is 3.24. The first-order chi connectivity index (χ1) is 8.83. The smallest absolute Gasteiger partial charge is 0.132 e. The molecule has 0 saturated heterocycles. The van der Waals surface area contributed by atoms with E-state index < -0.39 is 0 Å². The first-order valence-corrected chi connectivity index (χ1v) is 7.30. The van der Waals surface area contributed by atoms with Gasteiger partial charge < -0.3 is 4.57 Å². The Morgan fingerprint density at radius 2 is 1.78 bits per heavy atom. The molecule has 0 amide bonds. The lowest BCUT2D eigenvalue weighted by atomic mass is 10.1. The Kier molecular flexibility index (Phi) is 8.19. The van der Waals surface area contributed by atoms with Gasteiger partial charge in [-0.15, -0.1) is 0 Å². The van der Waals surface area contributed by atoms with Gasteiger partial charge in [0.25, 0.3) is 0 Å². The molecule has 0 unspecified atom stereocenters. The lowest BCUT2D eigenvalue weighted by molar-refractivity contribution is -0.119. The fraction of sp³-hybridized carbons (Fsp3) is 0.733. The minimum atomic E-state index is 0.442. The Morgan fingerprint density at radius 3 is 2.44 bits per heavy atom. The quantitative estimate of drug-likeness (QED) is 0.557. The summed E-state index contributed by atoms with van der Waals surface area (Å²) in [6.45, 7) is 3.19. The minimum absolute atomic E-state index is 0.442. The number of Topliss-reactive ketones (excluding diaryl/α,β-unsaturated/α-hetero) is 1. The Morgan fingerprint density at radius 1 is 1.06 bits per heavy atom. The van der Waals surface area contributed by atoms with Crippen LogP contribution in [0.1, 0.15) is 64.7 Å². The van der Waals surface area contributed by atoms with E-state index in [2.05, 4.69) is 16.5 Å². The number of ketones is 1. The SMILES string of the molecule is CCCCCCCC(=O)CCCCn1ccnc1. The summed E-state index contributed by atoms with van der Waals surface area (Å²) in [5.74, 6) is 0.442. The van der Waals surface area contributed by atoms with Crippen molar-refractivity contribution in [3.63, 3.8) is 0 Å². The molecule has 3 heteroatoms. The van der Waals surface area contributed by atoms with Crippen LogP contribution in [0.2, 0.25) is 0 Å². The number of hydrogen-bond acceptors (Lipinski definition) is 2. The van der Waals surface area contributed by atoms with Crippen molar-refractivity contribution in [2.75, 3.05) is 0 Å². The van der Waals surface area contributed by atoms with Crippen LogP contribution >= 0.6 is 0 Å². The van der Waals surface area contributed by atoms with Gasteiger partial charge in [-0.3, -0.25) is 4.79 Å². The molecule has 18 heavy (non-hydrogen) atoms. The summed E-state index contributed by atoms with van der Waals surface area (Å²) in [7, 11) is 0. The zero-order valence-electron chi connectivity index (χ0n) is 11.6. The highest BCUT2D eigenvalue weighted by Crippen LogP contribution is 2.08. The molecule has 0 atom stereocenters. The molecule has 0 aliphatic heterocycles. The summed E-state index contributed by atoms with van der Waals surface area (Å²) in [4.78, 5) is 15.6. The maximum atomic E-state index is 11.6. The van der Waals surface area contributed by atoms with Gasteiger partial charge in [-0.1, -0.05) is 32.6 Å². The van der Waals surface area contributed by atoms with E-state index in [9.17, 15) is 4.79 Å². The molecule has 0 aliphatic carbocycles. The zero-order chi connectivity index (χ0) is 13.1. The van der Waals surface area contributed by atoms with E-state index in [1.165, 1.54) is 25.7 Å². The molecular weight excluding hydrogens is 224 g/mol. The van der Waals surface area contributed by atoms with E-state index in [-0.39, 0.29) is 0 Å². The Balaban J connectivity index is 1.90. The lowest BCUT2D eigenvalue weighted by Gasteiger charge is -2.03. The second-order valence-corrected chi connectivity index (χ2v) is 4.96. The average molecular weight is 250 g/mol. The summed E-state index contributed by atoms with van der Waals surface area (Å²) in [6.07, 6.45) is 15.4. The van der Waals surface area contributed by atoms with Crippen LogP contribution in [0, 0.1) is 0 Å². The van der Waals surface area contributed by atoms with Crippen molar-refractivity contribution in [2.45, 2.75) is 71.3 Å². The number of unbranched alkanes of at least 4 members (excludes halogenated alkanes) is 5. The number of aryl methyl sites for hydroxylation is 1. The van der Waals surface area contributed by atoms with Crippen LogP contribution in [0.3, 0.4) is 0 Å². The van der Waals surface area contributed by atoms with Crippen molar-refractivity contribution in [1.82, 2.24) is 9.55 Å². The summed E-state index contributed by atoms with van der Waals surface area (Å²) < 4.78 is 2.06. The van der Waals surface area contributed by atoms with Crippen LogP contribution in [0.4, 0.5) is 0 Å². The number of aromatic nitrogens is 2. The van der Waals surface area contributed by atoms with Crippen molar-refractivity contribution in [2.24, 2.45) is 0 Å². The van der Waals surface area contributed by atoms with Crippen LogP contribution in [-0.2, 0) is 11.3 Å². The molecule has 0 saturated carbocycles. The largest absolute Gasteiger partial charge is 0.337 e. The Hall–Kier alpha value is -1.12. The average Bonchev–Trinajstić information content (AvgIpc) is 2.87. The lowest BCUT2D eigenvalue weighted by Crippen LogP contribution is -2.00. The highest BCUT2D eigenvalue weighted by Gasteiger charge is 2.01. The summed E-state index contributed by atoms with van der Waals surface area (Å²) in [5.41, 5.74) is 0. The third-order valence-corrected chi connectivity index (χ3v) is 3.24. The standard InChI is InChI=1S/C15H26N2O/c1-2-3-4-5-6-9-15(18)10-7-8-12-17-13-11-16-14-17/h11,13-14H,2-10,12H2,1H3. The van der Waals surface area contributed by atoms with Gasteiger partial charge in [0.1, 0.15) is 5.78 Å². The van der Waals surface area contributed by atoms with Crippen LogP contribution in [-0.4, -0.2) is 15.3 Å². The number of carbonyl (C=O) groups excluding carboxylic acids is 1. The van der Waals surface area contributed by atoms with Gasteiger partial charge in [-0.05, 0) is 19.3 Å². The predicted molar refractivity (Wildman–Crippen MR) is 74.5 cm³/mol. The van der Waals surface area contributed by atoms with Gasteiger partial charge in [0.05, 0.1) is 6.33 Å². The predicted octanol–water partition coefficient (Wildman–Crippen LogP) is 3.98. The number of imidazole rings is 1. The van der Waals surface area contributed by atoms with Crippen molar-refractivity contribution in [3.8, 4) is 0 Å². The molecule has 3 nitrogen and oxygen atoms in total. The second kappa shape index (κ2) is 9.86. The van der Waals surface area contributed by atoms with E-state index in [1.807, 2.05) is 12.5 Å². The molecule has 0 spiro atoms. The third kappa shape index (κ3) is 7.25. The molecule has 102 valence electrons. The van der Waals surface area contributed by atoms with Crippen LogP contribution < -0.4 is 0 Å². The van der Waals surface area contributed by atoms with Crippen LogP contribution in [0.5, 0.6) is 0 Å². The van der Waals surface area contributed by atoms with Crippen molar-refractivity contribution in [3.05, 3.63) is 18.7 Å². The maximum Gasteiger partial charge on any atom is 0.132 e. The van der Waals surface area contributed by atoms with Gasteiger partial charge in [0.15, 0.2) is 0 Å². The first kappa shape index (κ1) is 14.9. The fourth-order valence-corrected chi connectivity index (χ4v) is 2.09. The molecule has 0 N–H and O–H groups in total. The van der Waals surface area contributed by atoms with Crippen molar-refractivity contribution >= 4 is 5.78 Å². The van der Waals surface area contributed by atoms with Crippen LogP contribution in [0.15, 0.2) is 18.7 Å². The Labute approximate surface area is 111 Å². The number of nitrogens with zero attached hydrogens (tertiary/aromatic N) is 2. The summed E-state index contributed by atoms with van der Waals surface area (Å²) >= 11 is 0. The normalized spacial score (nSPS) is 10.7. The first-order valence-electron chi connectivity index (χ1n) is 7.30. The topological polar surface area (TPSA) is 34.9 Å². The van der Waals surface area contributed by atoms with E-state index >= 15 is 0 Å². The van der Waals surface area contributed by atoms with E-state index in [1.54, 1.807) is 6.20 Å². The van der Waals surface area contributed by atoms with E-state index in [0.29, 0.717) is 5.78 Å². The number of hydrogen-bond donors (Lipinski definition) is 0. The molecule has 0 bridgehead atoms. The highest BCUT2D eigenvalue weighted by molar-refractivity contribution is 5.78.